The van der Waals surface area contributed by atoms with E-state index in [0.29, 0.717) is 4.99 Å². The summed E-state index contributed by atoms with van der Waals surface area (Å²) in [6.07, 6.45) is -0.0291. The van der Waals surface area contributed by atoms with Gasteiger partial charge < -0.3 is 0 Å². The molecule has 1 unspecified atom stereocenters. The summed E-state index contributed by atoms with van der Waals surface area (Å²) >= 11 is 5.21. The van der Waals surface area contributed by atoms with Crippen LogP contribution in [0.4, 0.5) is 0 Å². The van der Waals surface area contributed by atoms with Gasteiger partial charge in [0.1, 0.15) is 16.9 Å². The largest absolute Gasteiger partial charge is 0.286 e. The molecule has 4 nitrogen and oxygen atoms in total. The van der Waals surface area contributed by atoms with Gasteiger partial charge in [-0.25, -0.2) is 5.84 Å². The molecule has 0 amide bonds. The molecule has 0 radical (unpaired) electrons. The number of hydrogen-bond donors (Lipinski definition) is 2. The molecule has 5 heteroatoms. The quantitative estimate of drug-likeness (QED) is 0.449. The monoisotopic (exact) mass is 200 g/mol. The van der Waals surface area contributed by atoms with E-state index < -0.39 is 0 Å². The van der Waals surface area contributed by atoms with E-state index in [1.807, 2.05) is 6.92 Å². The van der Waals surface area contributed by atoms with E-state index in [1.54, 1.807) is 0 Å². The van der Waals surface area contributed by atoms with Crippen molar-refractivity contribution in [2.45, 2.75) is 33.9 Å². The van der Waals surface area contributed by atoms with Crippen LogP contribution in [0.15, 0.2) is 5.10 Å². The van der Waals surface area contributed by atoms with E-state index in [1.165, 1.54) is 5.01 Å². The average molecular weight is 200 g/mol. The number of hydrazone groups is 1. The highest BCUT2D eigenvalue weighted by atomic mass is 32.1. The molecular formula is C8H16N4S. The molecule has 1 aliphatic heterocycles. The van der Waals surface area contributed by atoms with Crippen molar-refractivity contribution in [2.75, 3.05) is 0 Å². The lowest BCUT2D eigenvalue weighted by Gasteiger charge is -2.35. The first-order valence-electron chi connectivity index (χ1n) is 4.26. The van der Waals surface area contributed by atoms with E-state index in [-0.39, 0.29) is 11.6 Å². The minimum Gasteiger partial charge on any atom is -0.286 e. The van der Waals surface area contributed by atoms with Crippen LogP contribution in [0, 0.1) is 5.41 Å². The van der Waals surface area contributed by atoms with E-state index in [0.717, 1.165) is 5.71 Å². The fraction of sp³-hybridized carbons (Fsp3) is 0.750. The highest BCUT2D eigenvalue weighted by Gasteiger charge is 2.30. The van der Waals surface area contributed by atoms with Gasteiger partial charge in [-0.05, 0) is 6.92 Å². The van der Waals surface area contributed by atoms with Crippen LogP contribution in [0.5, 0.6) is 0 Å². The molecule has 0 aromatic carbocycles. The van der Waals surface area contributed by atoms with E-state index in [9.17, 15) is 0 Å². The molecule has 1 aliphatic rings. The standard InChI is InChI=1S/C8H16N4S/c1-5-10-11-6(8(2,3)4)7(13)12(5)9/h5,10H,9H2,1-4H3. The Labute approximate surface area is 84.1 Å². The van der Waals surface area contributed by atoms with Crippen molar-refractivity contribution < 1.29 is 0 Å². The van der Waals surface area contributed by atoms with Crippen molar-refractivity contribution in [1.29, 1.82) is 0 Å². The molecule has 0 aromatic rings. The second-order valence-electron chi connectivity index (χ2n) is 4.23. The van der Waals surface area contributed by atoms with Gasteiger partial charge >= 0.3 is 0 Å². The summed E-state index contributed by atoms with van der Waals surface area (Å²) in [7, 11) is 0. The predicted molar refractivity (Wildman–Crippen MR) is 58.1 cm³/mol. The van der Waals surface area contributed by atoms with Gasteiger partial charge in [-0.15, -0.1) is 0 Å². The summed E-state index contributed by atoms with van der Waals surface area (Å²) in [5.41, 5.74) is 3.69. The van der Waals surface area contributed by atoms with E-state index in [4.69, 9.17) is 18.1 Å². The molecule has 0 saturated carbocycles. The van der Waals surface area contributed by atoms with Crippen molar-refractivity contribution >= 4 is 22.9 Å². The minimum absolute atomic E-state index is 0.0291. The first kappa shape index (κ1) is 10.4. The summed E-state index contributed by atoms with van der Waals surface area (Å²) in [5, 5.41) is 5.75. The van der Waals surface area contributed by atoms with Crippen LogP contribution in [-0.4, -0.2) is 21.9 Å². The Morgan fingerprint density at radius 1 is 1.54 bits per heavy atom. The van der Waals surface area contributed by atoms with Crippen LogP contribution >= 0.6 is 12.2 Å². The molecule has 0 bridgehead atoms. The maximum atomic E-state index is 5.76. The molecule has 0 aromatic heterocycles. The normalized spacial score (nSPS) is 24.1. The van der Waals surface area contributed by atoms with Gasteiger partial charge in [-0.1, -0.05) is 33.0 Å². The van der Waals surface area contributed by atoms with Gasteiger partial charge in [0.05, 0.1) is 0 Å². The van der Waals surface area contributed by atoms with Crippen molar-refractivity contribution in [3.63, 3.8) is 0 Å². The lowest BCUT2D eigenvalue weighted by Crippen LogP contribution is -2.57. The molecule has 0 spiro atoms. The molecule has 0 fully saturated rings. The van der Waals surface area contributed by atoms with Crippen molar-refractivity contribution in [3.8, 4) is 0 Å². The molecule has 13 heavy (non-hydrogen) atoms. The molecule has 3 N–H and O–H groups in total. The van der Waals surface area contributed by atoms with Crippen LogP contribution in [0.3, 0.4) is 0 Å². The summed E-state index contributed by atoms with van der Waals surface area (Å²) in [5.74, 6) is 5.76. The minimum atomic E-state index is -0.0676. The lowest BCUT2D eigenvalue weighted by atomic mass is 9.89. The second-order valence-corrected chi connectivity index (χ2v) is 4.61. The Morgan fingerprint density at radius 3 is 2.54 bits per heavy atom. The Bertz CT molecular complexity index is 253. The fourth-order valence-electron chi connectivity index (χ4n) is 1.05. The van der Waals surface area contributed by atoms with Gasteiger partial charge in [0.15, 0.2) is 0 Å². The summed E-state index contributed by atoms with van der Waals surface area (Å²) in [6.45, 7) is 8.09. The third-order valence-electron chi connectivity index (χ3n) is 1.93. The van der Waals surface area contributed by atoms with Crippen LogP contribution in [0.1, 0.15) is 27.7 Å². The van der Waals surface area contributed by atoms with E-state index >= 15 is 0 Å². The van der Waals surface area contributed by atoms with Gasteiger partial charge in [0.2, 0.25) is 0 Å². The molecule has 0 saturated heterocycles. The first-order chi connectivity index (χ1) is 5.84. The van der Waals surface area contributed by atoms with Gasteiger partial charge in [-0.2, -0.15) is 5.10 Å². The van der Waals surface area contributed by atoms with Gasteiger partial charge in [-0.3, -0.25) is 10.4 Å². The van der Waals surface area contributed by atoms with Crippen molar-refractivity contribution in [2.24, 2.45) is 16.4 Å². The lowest BCUT2D eigenvalue weighted by molar-refractivity contribution is 0.288. The maximum Gasteiger partial charge on any atom is 0.141 e. The molecule has 1 heterocycles. The number of nitrogens with two attached hydrogens (primary N) is 1. The van der Waals surface area contributed by atoms with Crippen LogP contribution in [0.2, 0.25) is 0 Å². The topological polar surface area (TPSA) is 53.7 Å². The Morgan fingerprint density at radius 2 is 2.08 bits per heavy atom. The van der Waals surface area contributed by atoms with Crippen molar-refractivity contribution in [3.05, 3.63) is 0 Å². The van der Waals surface area contributed by atoms with Crippen LogP contribution in [0.25, 0.3) is 0 Å². The number of hydrogen-bond acceptors (Lipinski definition) is 4. The van der Waals surface area contributed by atoms with Gasteiger partial charge in [0.25, 0.3) is 0 Å². The molecule has 1 rings (SSSR count). The third kappa shape index (κ3) is 1.97. The first-order valence-corrected chi connectivity index (χ1v) is 4.67. The maximum absolute atomic E-state index is 5.76. The number of nitrogens with zero attached hydrogens (tertiary/aromatic N) is 2. The zero-order valence-corrected chi connectivity index (χ0v) is 9.27. The second kappa shape index (κ2) is 3.23. The molecule has 1 atom stereocenters. The van der Waals surface area contributed by atoms with Crippen LogP contribution in [-0.2, 0) is 0 Å². The molecule has 0 aliphatic carbocycles. The zero-order chi connectivity index (χ0) is 10.2. The Kier molecular flexibility index (Phi) is 2.58. The fourth-order valence-corrected chi connectivity index (χ4v) is 1.56. The Hall–Kier alpha value is -0.680. The number of nitrogens with one attached hydrogen (secondary N) is 1. The van der Waals surface area contributed by atoms with Crippen LogP contribution < -0.4 is 11.3 Å². The highest BCUT2D eigenvalue weighted by molar-refractivity contribution is 7.82. The molecule has 74 valence electrons. The summed E-state index contributed by atoms with van der Waals surface area (Å²) in [4.78, 5) is 0.624. The number of rotatable bonds is 0. The number of thiocarbonyl (C=S) groups is 1. The Balaban J connectivity index is 2.96. The summed E-state index contributed by atoms with van der Waals surface area (Å²) < 4.78 is 0. The summed E-state index contributed by atoms with van der Waals surface area (Å²) in [6, 6.07) is 0. The van der Waals surface area contributed by atoms with E-state index in [2.05, 4.69) is 31.3 Å². The number of hydrazine groups is 1. The zero-order valence-electron chi connectivity index (χ0n) is 8.46. The highest BCUT2D eigenvalue weighted by Crippen LogP contribution is 2.20. The molecular weight excluding hydrogens is 184 g/mol. The van der Waals surface area contributed by atoms with Crippen molar-refractivity contribution in [1.82, 2.24) is 10.4 Å². The smallest absolute Gasteiger partial charge is 0.141 e. The average Bonchev–Trinajstić information content (AvgIpc) is 1.98. The SMILES string of the molecule is CC1NN=C(C(C)(C)C)C(=S)N1N. The third-order valence-corrected chi connectivity index (χ3v) is 2.33. The van der Waals surface area contributed by atoms with Gasteiger partial charge in [0, 0.05) is 5.41 Å². The predicted octanol–water partition coefficient (Wildman–Crippen LogP) is 0.841.